The fourth-order valence-corrected chi connectivity index (χ4v) is 1.83. The summed E-state index contributed by atoms with van der Waals surface area (Å²) in [4.78, 5) is 18.1. The number of benzene rings is 1. The van der Waals surface area contributed by atoms with E-state index in [1.165, 1.54) is 31.6 Å². The topological polar surface area (TPSA) is 125 Å². The average Bonchev–Trinajstić information content (AvgIpc) is 2.48. The van der Waals surface area contributed by atoms with Gasteiger partial charge in [-0.15, -0.1) is 0 Å². The van der Waals surface area contributed by atoms with E-state index in [1.807, 2.05) is 0 Å². The van der Waals surface area contributed by atoms with E-state index >= 15 is 0 Å². The Labute approximate surface area is 127 Å². The van der Waals surface area contributed by atoms with Gasteiger partial charge in [0, 0.05) is 6.07 Å². The third-order valence-electron chi connectivity index (χ3n) is 2.44. The Hall–Kier alpha value is -2.46. The summed E-state index contributed by atoms with van der Waals surface area (Å²) in [6, 6.07) is 4.12. The number of nitrogens with zero attached hydrogens (tertiary/aromatic N) is 3. The number of nitrogens with two attached hydrogens (primary N) is 1. The molecule has 0 aliphatic rings. The maximum atomic E-state index is 10.8. The molecule has 1 aromatic heterocycles. The van der Waals surface area contributed by atoms with E-state index in [0.29, 0.717) is 4.47 Å². The maximum Gasteiger partial charge on any atom is 0.273 e. The van der Waals surface area contributed by atoms with E-state index in [0.717, 1.165) is 0 Å². The van der Waals surface area contributed by atoms with Crippen molar-refractivity contribution in [2.24, 2.45) is 5.84 Å². The van der Waals surface area contributed by atoms with Crippen LogP contribution < -0.4 is 20.7 Å². The summed E-state index contributed by atoms with van der Waals surface area (Å²) in [5.74, 6) is 6.00. The number of halogens is 1. The number of ether oxygens (including phenoxy) is 2. The number of nitro benzene ring substituents is 1. The molecule has 21 heavy (non-hydrogen) atoms. The van der Waals surface area contributed by atoms with Crippen LogP contribution in [0.3, 0.4) is 0 Å². The fourth-order valence-electron chi connectivity index (χ4n) is 1.51. The highest BCUT2D eigenvalue weighted by molar-refractivity contribution is 9.10. The lowest BCUT2D eigenvalue weighted by atomic mass is 10.3. The number of hydrogen-bond acceptors (Lipinski definition) is 8. The molecule has 0 radical (unpaired) electrons. The van der Waals surface area contributed by atoms with Crippen LogP contribution in [0.15, 0.2) is 29.0 Å². The summed E-state index contributed by atoms with van der Waals surface area (Å²) in [5.41, 5.74) is 2.23. The first-order chi connectivity index (χ1) is 10.1. The second-order valence-corrected chi connectivity index (χ2v) is 4.53. The molecular formula is C11H10BrN5O4. The maximum absolute atomic E-state index is 10.8. The van der Waals surface area contributed by atoms with Gasteiger partial charge in [-0.3, -0.25) is 10.1 Å². The summed E-state index contributed by atoms with van der Waals surface area (Å²) in [6.07, 6.45) is 1.22. The number of methoxy groups -OCH3 is 1. The van der Waals surface area contributed by atoms with Crippen LogP contribution in [0.5, 0.6) is 17.4 Å². The fraction of sp³-hybridized carbons (Fsp3) is 0.0909. The Morgan fingerprint density at radius 2 is 2.19 bits per heavy atom. The summed E-state index contributed by atoms with van der Waals surface area (Å²) < 4.78 is 11.2. The van der Waals surface area contributed by atoms with E-state index < -0.39 is 4.92 Å². The molecule has 0 bridgehead atoms. The lowest BCUT2D eigenvalue weighted by Gasteiger charge is -2.12. The molecular weight excluding hydrogens is 346 g/mol. The molecule has 0 saturated heterocycles. The van der Waals surface area contributed by atoms with E-state index in [9.17, 15) is 10.1 Å². The third-order valence-corrected chi connectivity index (χ3v) is 3.10. The minimum absolute atomic E-state index is 0.0710. The first-order valence-corrected chi connectivity index (χ1v) is 6.33. The van der Waals surface area contributed by atoms with Crippen molar-refractivity contribution >= 4 is 27.4 Å². The second-order valence-electron chi connectivity index (χ2n) is 3.68. The molecule has 0 aliphatic carbocycles. The minimum atomic E-state index is -0.524. The number of anilines is 1. The highest BCUT2D eigenvalue weighted by Gasteiger charge is 2.17. The molecule has 0 unspecified atom stereocenters. The Balaban J connectivity index is 2.43. The number of nitrogens with one attached hydrogen (secondary N) is 1. The van der Waals surface area contributed by atoms with Gasteiger partial charge in [0.1, 0.15) is 6.33 Å². The average molecular weight is 356 g/mol. The van der Waals surface area contributed by atoms with Gasteiger partial charge in [-0.05, 0) is 22.0 Å². The zero-order valence-electron chi connectivity index (χ0n) is 10.7. The number of nitro groups is 1. The lowest BCUT2D eigenvalue weighted by molar-refractivity contribution is -0.384. The third kappa shape index (κ3) is 3.17. The first-order valence-electron chi connectivity index (χ1n) is 5.54. The highest BCUT2D eigenvalue weighted by Crippen LogP contribution is 2.37. The Kier molecular flexibility index (Phi) is 4.50. The van der Waals surface area contributed by atoms with Gasteiger partial charge in [-0.2, -0.15) is 4.98 Å². The molecule has 0 atom stereocenters. The van der Waals surface area contributed by atoms with Crippen molar-refractivity contribution in [2.75, 3.05) is 12.5 Å². The summed E-state index contributed by atoms with van der Waals surface area (Å²) >= 11 is 3.25. The van der Waals surface area contributed by atoms with Gasteiger partial charge in [0.2, 0.25) is 5.75 Å². The van der Waals surface area contributed by atoms with Gasteiger partial charge < -0.3 is 14.9 Å². The summed E-state index contributed by atoms with van der Waals surface area (Å²) in [7, 11) is 1.40. The number of rotatable bonds is 5. The van der Waals surface area contributed by atoms with Crippen molar-refractivity contribution in [2.45, 2.75) is 0 Å². The van der Waals surface area contributed by atoms with Crippen LogP contribution in [0.25, 0.3) is 0 Å². The zero-order chi connectivity index (χ0) is 15.4. The van der Waals surface area contributed by atoms with Crippen molar-refractivity contribution < 1.29 is 14.4 Å². The standard InChI is InChI=1S/C11H10BrN5O4/c1-20-9-10(16-13)14-5-15-11(9)21-8-4-6(17(18)19)2-3-7(8)12/h2-5H,13H2,1H3,(H,14,15,16). The number of non-ortho nitro benzene ring substituents is 1. The number of hydrazine groups is 1. The second kappa shape index (κ2) is 6.33. The van der Waals surface area contributed by atoms with Crippen LogP contribution in [0.2, 0.25) is 0 Å². The smallest absolute Gasteiger partial charge is 0.273 e. The van der Waals surface area contributed by atoms with E-state index in [2.05, 4.69) is 31.3 Å². The molecule has 1 aromatic carbocycles. The van der Waals surface area contributed by atoms with Gasteiger partial charge in [0.25, 0.3) is 11.6 Å². The quantitative estimate of drug-likeness (QED) is 0.475. The molecule has 0 fully saturated rings. The van der Waals surface area contributed by atoms with Crippen LogP contribution in [-0.4, -0.2) is 22.0 Å². The van der Waals surface area contributed by atoms with Gasteiger partial charge in [-0.25, -0.2) is 10.8 Å². The molecule has 9 nitrogen and oxygen atoms in total. The minimum Gasteiger partial charge on any atom is -0.489 e. The van der Waals surface area contributed by atoms with Crippen molar-refractivity contribution in [3.63, 3.8) is 0 Å². The molecule has 0 aliphatic heterocycles. The molecule has 3 N–H and O–H groups in total. The largest absolute Gasteiger partial charge is 0.489 e. The Morgan fingerprint density at radius 1 is 1.43 bits per heavy atom. The molecule has 2 rings (SSSR count). The van der Waals surface area contributed by atoms with Crippen LogP contribution >= 0.6 is 15.9 Å². The van der Waals surface area contributed by atoms with Crippen LogP contribution in [0.4, 0.5) is 11.5 Å². The van der Waals surface area contributed by atoms with Gasteiger partial charge >= 0.3 is 0 Å². The monoisotopic (exact) mass is 355 g/mol. The number of aromatic nitrogens is 2. The molecule has 10 heteroatoms. The number of hydrogen-bond donors (Lipinski definition) is 2. The molecule has 0 amide bonds. The summed E-state index contributed by atoms with van der Waals surface area (Å²) in [5, 5.41) is 10.8. The molecule has 0 saturated carbocycles. The van der Waals surface area contributed by atoms with Crippen molar-refractivity contribution in [3.05, 3.63) is 39.1 Å². The zero-order valence-corrected chi connectivity index (χ0v) is 12.3. The van der Waals surface area contributed by atoms with E-state index in [1.54, 1.807) is 0 Å². The molecule has 110 valence electrons. The molecule has 2 aromatic rings. The van der Waals surface area contributed by atoms with E-state index in [4.69, 9.17) is 15.3 Å². The molecule has 0 spiro atoms. The van der Waals surface area contributed by atoms with E-state index in [-0.39, 0.29) is 28.9 Å². The molecule has 1 heterocycles. The van der Waals surface area contributed by atoms with Crippen LogP contribution in [0, 0.1) is 10.1 Å². The SMILES string of the molecule is COc1c(NN)ncnc1Oc1cc([N+](=O)[O-])ccc1Br. The van der Waals surface area contributed by atoms with Gasteiger partial charge in [0.15, 0.2) is 11.6 Å². The van der Waals surface area contributed by atoms with Crippen molar-refractivity contribution in [3.8, 4) is 17.4 Å². The van der Waals surface area contributed by atoms with Gasteiger partial charge in [-0.1, -0.05) is 0 Å². The van der Waals surface area contributed by atoms with Gasteiger partial charge in [0.05, 0.1) is 22.6 Å². The normalized spacial score (nSPS) is 10.0. The van der Waals surface area contributed by atoms with Crippen LogP contribution in [-0.2, 0) is 0 Å². The van der Waals surface area contributed by atoms with Crippen molar-refractivity contribution in [1.82, 2.24) is 9.97 Å². The first kappa shape index (κ1) is 14.9. The highest BCUT2D eigenvalue weighted by atomic mass is 79.9. The predicted octanol–water partition coefficient (Wildman–Crippen LogP) is 2.23. The van der Waals surface area contributed by atoms with Crippen molar-refractivity contribution in [1.29, 1.82) is 0 Å². The Morgan fingerprint density at radius 3 is 2.81 bits per heavy atom. The number of nitrogen functional groups attached to an aromatic ring is 1. The Bertz CT molecular complexity index is 682. The lowest BCUT2D eigenvalue weighted by Crippen LogP contribution is -2.11. The van der Waals surface area contributed by atoms with Crippen LogP contribution in [0.1, 0.15) is 0 Å². The predicted molar refractivity (Wildman–Crippen MR) is 77.3 cm³/mol. The summed E-state index contributed by atoms with van der Waals surface area (Å²) in [6.45, 7) is 0.